The summed E-state index contributed by atoms with van der Waals surface area (Å²) in [4.78, 5) is 25.4. The molecule has 1 atom stereocenters. The molecular formula is C57H104O5. The van der Waals surface area contributed by atoms with Crippen LogP contribution in [-0.2, 0) is 23.8 Å². The van der Waals surface area contributed by atoms with Crippen molar-refractivity contribution in [2.45, 2.75) is 284 Å². The zero-order valence-electron chi connectivity index (χ0n) is 41.6. The second-order valence-electron chi connectivity index (χ2n) is 18.1. The predicted molar refractivity (Wildman–Crippen MR) is 270 cm³/mol. The molecule has 0 saturated carbocycles. The molecule has 0 aromatic rings. The van der Waals surface area contributed by atoms with Gasteiger partial charge in [-0.1, -0.05) is 236 Å². The highest BCUT2D eigenvalue weighted by Crippen LogP contribution is 2.15. The minimum atomic E-state index is -0.540. The first kappa shape index (κ1) is 59.9. The minimum absolute atomic E-state index is 0.0820. The highest BCUT2D eigenvalue weighted by molar-refractivity contribution is 5.70. The van der Waals surface area contributed by atoms with Crippen molar-refractivity contribution in [3.8, 4) is 0 Å². The predicted octanol–water partition coefficient (Wildman–Crippen LogP) is 18.3. The largest absolute Gasteiger partial charge is 0.462 e. The molecular weight excluding hydrogens is 765 g/mol. The molecule has 0 aromatic carbocycles. The van der Waals surface area contributed by atoms with Crippen LogP contribution in [0.2, 0.25) is 0 Å². The van der Waals surface area contributed by atoms with Gasteiger partial charge >= 0.3 is 11.9 Å². The Kier molecular flexibility index (Phi) is 51.4. The van der Waals surface area contributed by atoms with E-state index in [9.17, 15) is 9.59 Å². The van der Waals surface area contributed by atoms with Gasteiger partial charge in [0.25, 0.3) is 0 Å². The maximum atomic E-state index is 12.8. The molecule has 5 nitrogen and oxygen atoms in total. The van der Waals surface area contributed by atoms with E-state index in [1.165, 1.54) is 193 Å². The number of carbonyl (C=O) groups excluding carboxylic acids is 2. The van der Waals surface area contributed by atoms with Crippen molar-refractivity contribution in [1.82, 2.24) is 0 Å². The Bertz CT molecular complexity index is 1030. The van der Waals surface area contributed by atoms with Crippen LogP contribution in [-0.4, -0.2) is 37.9 Å². The highest BCUT2D eigenvalue weighted by Gasteiger charge is 2.17. The van der Waals surface area contributed by atoms with E-state index in [0.717, 1.165) is 51.4 Å². The fourth-order valence-electron chi connectivity index (χ4n) is 7.76. The van der Waals surface area contributed by atoms with Crippen LogP contribution in [0.1, 0.15) is 278 Å². The van der Waals surface area contributed by atoms with E-state index in [1.54, 1.807) is 0 Å². The first-order valence-electron chi connectivity index (χ1n) is 27.2. The molecule has 0 radical (unpaired) electrons. The number of hydrogen-bond donors (Lipinski definition) is 0. The quantitative estimate of drug-likeness (QED) is 0.0346. The lowest BCUT2D eigenvalue weighted by molar-refractivity contribution is -0.163. The number of ether oxygens (including phenoxy) is 3. The molecule has 0 aliphatic carbocycles. The van der Waals surface area contributed by atoms with Crippen LogP contribution in [0.25, 0.3) is 0 Å². The summed E-state index contributed by atoms with van der Waals surface area (Å²) >= 11 is 0. The molecule has 0 heterocycles. The summed E-state index contributed by atoms with van der Waals surface area (Å²) in [5.74, 6) is -0.396. The third kappa shape index (κ3) is 50.5. The van der Waals surface area contributed by atoms with E-state index in [-0.39, 0.29) is 25.2 Å². The Hall–Kier alpha value is -2.14. The van der Waals surface area contributed by atoms with Gasteiger partial charge in [-0.15, -0.1) is 0 Å². The van der Waals surface area contributed by atoms with Gasteiger partial charge in [0.15, 0.2) is 6.10 Å². The minimum Gasteiger partial charge on any atom is -0.462 e. The maximum Gasteiger partial charge on any atom is 0.306 e. The van der Waals surface area contributed by atoms with Crippen molar-refractivity contribution in [1.29, 1.82) is 0 Å². The molecule has 0 aromatic heterocycles. The summed E-state index contributed by atoms with van der Waals surface area (Å²) in [7, 11) is 0. The van der Waals surface area contributed by atoms with Gasteiger partial charge < -0.3 is 14.2 Å². The van der Waals surface area contributed by atoms with Gasteiger partial charge in [0.05, 0.1) is 6.61 Å². The first-order chi connectivity index (χ1) is 30.6. The molecule has 0 saturated heterocycles. The van der Waals surface area contributed by atoms with Crippen LogP contribution in [0, 0.1) is 0 Å². The zero-order valence-corrected chi connectivity index (χ0v) is 41.6. The molecule has 0 amide bonds. The average molecular weight is 869 g/mol. The second-order valence-corrected chi connectivity index (χ2v) is 18.1. The normalized spacial score (nSPS) is 12.5. The van der Waals surface area contributed by atoms with E-state index in [4.69, 9.17) is 14.2 Å². The molecule has 0 aliphatic heterocycles. The average Bonchev–Trinajstić information content (AvgIpc) is 3.27. The van der Waals surface area contributed by atoms with Gasteiger partial charge in [-0.05, 0) is 77.0 Å². The summed E-state index contributed by atoms with van der Waals surface area (Å²) < 4.78 is 17.4. The lowest BCUT2D eigenvalue weighted by Crippen LogP contribution is -2.30. The summed E-state index contributed by atoms with van der Waals surface area (Å²) in [6.45, 7) is 7.75. The van der Waals surface area contributed by atoms with Crippen LogP contribution in [0.4, 0.5) is 0 Å². The SMILES string of the molecule is CCC/C=C\C/C=C\CCCCCCCCOCC(COC(=O)CCCCCCCCCCC/C=C\C/C=C\CCCCC)OC(=O)CCCCCCCCCCCCCCC. The van der Waals surface area contributed by atoms with Gasteiger partial charge in [0, 0.05) is 19.4 Å². The van der Waals surface area contributed by atoms with Crippen LogP contribution in [0.3, 0.4) is 0 Å². The molecule has 0 aliphatic rings. The Morgan fingerprint density at radius 3 is 1.16 bits per heavy atom. The lowest BCUT2D eigenvalue weighted by atomic mass is 10.0. The topological polar surface area (TPSA) is 61.8 Å². The van der Waals surface area contributed by atoms with Crippen molar-refractivity contribution < 1.29 is 23.8 Å². The van der Waals surface area contributed by atoms with Crippen LogP contribution < -0.4 is 0 Å². The molecule has 0 bridgehead atoms. The fourth-order valence-corrected chi connectivity index (χ4v) is 7.76. The molecule has 0 spiro atoms. The Labute approximate surface area is 386 Å². The summed E-state index contributed by atoms with van der Waals surface area (Å²) in [5, 5.41) is 0. The van der Waals surface area contributed by atoms with E-state index in [2.05, 4.69) is 69.4 Å². The van der Waals surface area contributed by atoms with Crippen LogP contribution >= 0.6 is 0 Å². The Morgan fingerprint density at radius 2 is 0.710 bits per heavy atom. The van der Waals surface area contributed by atoms with Gasteiger partial charge in [-0.25, -0.2) is 0 Å². The lowest BCUT2D eigenvalue weighted by Gasteiger charge is -2.18. The molecule has 0 rings (SSSR count). The van der Waals surface area contributed by atoms with Crippen LogP contribution in [0.15, 0.2) is 48.6 Å². The number of carbonyl (C=O) groups is 2. The third-order valence-electron chi connectivity index (χ3n) is 11.8. The van der Waals surface area contributed by atoms with Crippen molar-refractivity contribution in [3.63, 3.8) is 0 Å². The van der Waals surface area contributed by atoms with Gasteiger partial charge in [-0.3, -0.25) is 9.59 Å². The van der Waals surface area contributed by atoms with E-state index in [1.807, 2.05) is 0 Å². The van der Waals surface area contributed by atoms with E-state index in [0.29, 0.717) is 19.4 Å². The fraction of sp³-hybridized carbons (Fsp3) is 0.825. The second kappa shape index (κ2) is 53.2. The summed E-state index contributed by atoms with van der Waals surface area (Å²) in [6.07, 6.45) is 65.5. The third-order valence-corrected chi connectivity index (χ3v) is 11.8. The molecule has 0 fully saturated rings. The standard InChI is InChI=1S/C57H104O5/c1-4-7-10-13-16-19-22-25-27-28-29-30-31-33-35-38-41-44-47-50-56(58)61-54-55(53-60-52-49-46-43-40-37-34-26-23-20-17-14-11-8-5-2)62-57(59)51-48-45-42-39-36-32-24-21-18-15-12-9-6-3/h11,14,16,19-20,23,25,27,55H,4-10,12-13,15,17-18,21-22,24,26,28-54H2,1-3H3/b14-11-,19-16-,23-20-,27-25-. The Balaban J connectivity index is 4.23. The molecule has 5 heteroatoms. The molecule has 62 heavy (non-hydrogen) atoms. The summed E-state index contributed by atoms with van der Waals surface area (Å²) in [6, 6.07) is 0. The zero-order chi connectivity index (χ0) is 44.9. The van der Waals surface area contributed by atoms with Crippen molar-refractivity contribution >= 4 is 11.9 Å². The Morgan fingerprint density at radius 1 is 0.355 bits per heavy atom. The summed E-state index contributed by atoms with van der Waals surface area (Å²) in [5.41, 5.74) is 0. The number of esters is 2. The molecule has 0 N–H and O–H groups in total. The van der Waals surface area contributed by atoms with Crippen molar-refractivity contribution in [2.75, 3.05) is 19.8 Å². The number of hydrogen-bond acceptors (Lipinski definition) is 5. The van der Waals surface area contributed by atoms with Gasteiger partial charge in [-0.2, -0.15) is 0 Å². The smallest absolute Gasteiger partial charge is 0.306 e. The van der Waals surface area contributed by atoms with Crippen molar-refractivity contribution in [2.24, 2.45) is 0 Å². The maximum absolute atomic E-state index is 12.8. The van der Waals surface area contributed by atoms with Crippen molar-refractivity contribution in [3.05, 3.63) is 48.6 Å². The number of allylic oxidation sites excluding steroid dienone is 8. The van der Waals surface area contributed by atoms with E-state index < -0.39 is 6.10 Å². The van der Waals surface area contributed by atoms with Gasteiger partial charge in [0.2, 0.25) is 0 Å². The molecule has 1 unspecified atom stereocenters. The number of unbranched alkanes of at least 4 members (excludes halogenated alkanes) is 31. The monoisotopic (exact) mass is 869 g/mol. The van der Waals surface area contributed by atoms with Crippen LogP contribution in [0.5, 0.6) is 0 Å². The molecule has 362 valence electrons. The first-order valence-corrected chi connectivity index (χ1v) is 27.2. The highest BCUT2D eigenvalue weighted by atomic mass is 16.6. The van der Waals surface area contributed by atoms with Gasteiger partial charge in [0.1, 0.15) is 6.61 Å². The van der Waals surface area contributed by atoms with E-state index >= 15 is 0 Å². The number of rotatable bonds is 50.